The Hall–Kier alpha value is -2.62. The van der Waals surface area contributed by atoms with Crippen LogP contribution in [0.15, 0.2) is 36.5 Å². The Bertz CT molecular complexity index is 948. The lowest BCUT2D eigenvalue weighted by Crippen LogP contribution is -1.99. The highest BCUT2D eigenvalue weighted by molar-refractivity contribution is 5.98. The smallest absolute Gasteiger partial charge is 0.335 e. The number of pyridine rings is 1. The molecule has 0 spiro atoms. The van der Waals surface area contributed by atoms with Crippen molar-refractivity contribution in [2.75, 3.05) is 0 Å². The van der Waals surface area contributed by atoms with Gasteiger partial charge < -0.3 is 9.67 Å². The maximum atomic E-state index is 11.4. The summed E-state index contributed by atoms with van der Waals surface area (Å²) in [7, 11) is 2.03. The molecule has 1 fully saturated rings. The summed E-state index contributed by atoms with van der Waals surface area (Å²) in [6, 6.07) is 9.65. The van der Waals surface area contributed by atoms with Crippen LogP contribution in [0.3, 0.4) is 0 Å². The van der Waals surface area contributed by atoms with Crippen molar-refractivity contribution < 1.29 is 9.90 Å². The van der Waals surface area contributed by atoms with E-state index in [2.05, 4.69) is 15.6 Å². The fourth-order valence-electron chi connectivity index (χ4n) is 4.18. The number of rotatable bonds is 3. The van der Waals surface area contributed by atoms with Crippen LogP contribution in [0.5, 0.6) is 0 Å². The van der Waals surface area contributed by atoms with Gasteiger partial charge in [-0.1, -0.05) is 18.9 Å². The molecule has 1 aliphatic carbocycles. The van der Waals surface area contributed by atoms with E-state index in [4.69, 9.17) is 0 Å². The summed E-state index contributed by atoms with van der Waals surface area (Å²) in [4.78, 5) is 15.9. The molecule has 4 nitrogen and oxygen atoms in total. The van der Waals surface area contributed by atoms with Crippen molar-refractivity contribution in [3.05, 3.63) is 53.3 Å². The molecule has 1 N–H and O–H groups in total. The molecule has 0 unspecified atom stereocenters. The third kappa shape index (κ3) is 2.62. The molecule has 0 bridgehead atoms. The van der Waals surface area contributed by atoms with E-state index in [1.807, 2.05) is 32.3 Å². The van der Waals surface area contributed by atoms with E-state index >= 15 is 0 Å². The van der Waals surface area contributed by atoms with Gasteiger partial charge in [0.25, 0.3) is 0 Å². The lowest BCUT2D eigenvalue weighted by atomic mass is 9.92. The zero-order chi connectivity index (χ0) is 17.6. The molecule has 25 heavy (non-hydrogen) atoms. The summed E-state index contributed by atoms with van der Waals surface area (Å²) in [5.41, 5.74) is 5.95. The number of hydrogen-bond acceptors (Lipinski definition) is 2. The first-order valence-electron chi connectivity index (χ1n) is 8.85. The predicted octanol–water partition coefficient (Wildman–Crippen LogP) is 4.90. The molecule has 4 heteroatoms. The standard InChI is InChI=1S/C21H22N2O2/c1-13-7-8-16(12-22-13)20-19(14-5-3-4-6-14)17-10-9-15(21(24)25)11-18(17)23(20)2/h7-12,14H,3-6H2,1-2H3,(H,24,25). The molecule has 0 radical (unpaired) electrons. The van der Waals surface area contributed by atoms with E-state index in [1.54, 1.807) is 12.1 Å². The van der Waals surface area contributed by atoms with E-state index in [0.29, 0.717) is 11.5 Å². The Kier molecular flexibility index (Phi) is 3.83. The Morgan fingerprint density at radius 1 is 1.20 bits per heavy atom. The van der Waals surface area contributed by atoms with Crippen LogP contribution >= 0.6 is 0 Å². The topological polar surface area (TPSA) is 55.1 Å². The number of fused-ring (bicyclic) bond motifs is 1. The van der Waals surface area contributed by atoms with Gasteiger partial charge in [0.15, 0.2) is 0 Å². The number of carbonyl (C=O) groups is 1. The Morgan fingerprint density at radius 3 is 2.60 bits per heavy atom. The van der Waals surface area contributed by atoms with E-state index in [1.165, 1.54) is 42.3 Å². The molecule has 2 aromatic heterocycles. The molecule has 1 aromatic carbocycles. The summed E-state index contributed by atoms with van der Waals surface area (Å²) < 4.78 is 2.14. The molecule has 0 aliphatic heterocycles. The van der Waals surface area contributed by atoms with Crippen LogP contribution in [0.1, 0.15) is 53.2 Å². The van der Waals surface area contributed by atoms with Crippen LogP contribution in [0.2, 0.25) is 0 Å². The van der Waals surface area contributed by atoms with Gasteiger partial charge >= 0.3 is 5.97 Å². The number of aryl methyl sites for hydroxylation is 2. The van der Waals surface area contributed by atoms with Crippen molar-refractivity contribution >= 4 is 16.9 Å². The van der Waals surface area contributed by atoms with Gasteiger partial charge in [-0.3, -0.25) is 4.98 Å². The molecule has 1 aliphatic rings. The number of aromatic carboxylic acids is 1. The number of benzene rings is 1. The van der Waals surface area contributed by atoms with Crippen LogP contribution in [-0.2, 0) is 7.05 Å². The van der Waals surface area contributed by atoms with Gasteiger partial charge in [-0.15, -0.1) is 0 Å². The highest BCUT2D eigenvalue weighted by Crippen LogP contribution is 2.44. The Labute approximate surface area is 147 Å². The maximum Gasteiger partial charge on any atom is 0.335 e. The molecule has 0 amide bonds. The number of aromatic nitrogens is 2. The van der Waals surface area contributed by atoms with Crippen LogP contribution in [0, 0.1) is 6.92 Å². The maximum absolute atomic E-state index is 11.4. The molecule has 1 saturated carbocycles. The quantitative estimate of drug-likeness (QED) is 0.741. The number of hydrogen-bond donors (Lipinski definition) is 1. The summed E-state index contributed by atoms with van der Waals surface area (Å²) >= 11 is 0. The lowest BCUT2D eigenvalue weighted by molar-refractivity contribution is 0.0697. The molecule has 0 saturated heterocycles. The van der Waals surface area contributed by atoms with E-state index in [-0.39, 0.29) is 0 Å². The van der Waals surface area contributed by atoms with Crippen LogP contribution in [-0.4, -0.2) is 20.6 Å². The van der Waals surface area contributed by atoms with Crippen LogP contribution in [0.25, 0.3) is 22.2 Å². The highest BCUT2D eigenvalue weighted by Gasteiger charge is 2.26. The minimum absolute atomic E-state index is 0.333. The second-order valence-electron chi connectivity index (χ2n) is 7.03. The third-order valence-corrected chi connectivity index (χ3v) is 5.43. The summed E-state index contributed by atoms with van der Waals surface area (Å²) in [5, 5.41) is 10.5. The predicted molar refractivity (Wildman–Crippen MR) is 99.1 cm³/mol. The third-order valence-electron chi connectivity index (χ3n) is 5.43. The summed E-state index contributed by atoms with van der Waals surface area (Å²) in [5.74, 6) is -0.347. The lowest BCUT2D eigenvalue weighted by Gasteiger charge is -2.13. The van der Waals surface area contributed by atoms with Gasteiger partial charge in [-0.2, -0.15) is 0 Å². The van der Waals surface area contributed by atoms with Gasteiger partial charge in [0.2, 0.25) is 0 Å². The Morgan fingerprint density at radius 2 is 1.96 bits per heavy atom. The van der Waals surface area contributed by atoms with E-state index in [0.717, 1.165) is 16.8 Å². The first-order valence-corrected chi connectivity index (χ1v) is 8.85. The SMILES string of the molecule is Cc1ccc(-c2c(C3CCCC3)c3ccc(C(=O)O)cc3n2C)cn1. The second-order valence-corrected chi connectivity index (χ2v) is 7.03. The molecule has 128 valence electrons. The van der Waals surface area contributed by atoms with Crippen molar-refractivity contribution in [1.29, 1.82) is 0 Å². The fraction of sp³-hybridized carbons (Fsp3) is 0.333. The van der Waals surface area contributed by atoms with Crippen molar-refractivity contribution in [2.24, 2.45) is 7.05 Å². The second kappa shape index (κ2) is 6.03. The molecule has 3 aromatic rings. The Balaban J connectivity index is 2.01. The van der Waals surface area contributed by atoms with Crippen molar-refractivity contribution in [3.63, 3.8) is 0 Å². The number of carboxylic acid groups (broad SMARTS) is 1. The van der Waals surface area contributed by atoms with Gasteiger partial charge in [0, 0.05) is 35.4 Å². The van der Waals surface area contributed by atoms with Crippen LogP contribution in [0.4, 0.5) is 0 Å². The minimum Gasteiger partial charge on any atom is -0.478 e. The van der Waals surface area contributed by atoms with Crippen molar-refractivity contribution in [1.82, 2.24) is 9.55 Å². The summed E-state index contributed by atoms with van der Waals surface area (Å²) in [6.45, 7) is 1.99. The number of carboxylic acids is 1. The first kappa shape index (κ1) is 15.9. The van der Waals surface area contributed by atoms with E-state index in [9.17, 15) is 9.90 Å². The zero-order valence-electron chi connectivity index (χ0n) is 14.6. The van der Waals surface area contributed by atoms with Gasteiger partial charge in [-0.05, 0) is 55.5 Å². The monoisotopic (exact) mass is 334 g/mol. The van der Waals surface area contributed by atoms with Crippen molar-refractivity contribution in [3.8, 4) is 11.3 Å². The molecule has 0 atom stereocenters. The first-order chi connectivity index (χ1) is 12.1. The zero-order valence-corrected chi connectivity index (χ0v) is 14.6. The van der Waals surface area contributed by atoms with Crippen LogP contribution < -0.4 is 0 Å². The van der Waals surface area contributed by atoms with Gasteiger partial charge in [0.05, 0.1) is 11.3 Å². The average Bonchev–Trinajstić information content (AvgIpc) is 3.22. The fourth-order valence-corrected chi connectivity index (χ4v) is 4.18. The number of nitrogens with zero attached hydrogens (tertiary/aromatic N) is 2. The van der Waals surface area contributed by atoms with Crippen molar-refractivity contribution in [2.45, 2.75) is 38.5 Å². The molecule has 2 heterocycles. The summed E-state index contributed by atoms with van der Waals surface area (Å²) in [6.07, 6.45) is 6.86. The minimum atomic E-state index is -0.885. The van der Waals surface area contributed by atoms with Gasteiger partial charge in [-0.25, -0.2) is 4.79 Å². The average molecular weight is 334 g/mol. The molecule has 4 rings (SSSR count). The molecular weight excluding hydrogens is 312 g/mol. The van der Waals surface area contributed by atoms with E-state index < -0.39 is 5.97 Å². The largest absolute Gasteiger partial charge is 0.478 e. The normalized spacial score (nSPS) is 15.1. The van der Waals surface area contributed by atoms with Gasteiger partial charge in [0.1, 0.15) is 0 Å². The highest BCUT2D eigenvalue weighted by atomic mass is 16.4. The molecular formula is C21H22N2O2.